The average molecular weight is 228 g/mol. The molecule has 2 aliphatic rings. The van der Waals surface area contributed by atoms with Crippen LogP contribution in [0.5, 0.6) is 0 Å². The fourth-order valence-electron chi connectivity index (χ4n) is 2.34. The minimum Gasteiger partial charge on any atom is -0.458 e. The highest BCUT2D eigenvalue weighted by Crippen LogP contribution is 2.38. The number of esters is 1. The van der Waals surface area contributed by atoms with Crippen molar-refractivity contribution in [3.63, 3.8) is 0 Å². The van der Waals surface area contributed by atoms with Gasteiger partial charge in [0.1, 0.15) is 12.2 Å². The Hall–Kier alpha value is -0.610. The van der Waals surface area contributed by atoms with Crippen LogP contribution in [0.15, 0.2) is 0 Å². The number of ether oxygens (including phenoxy) is 3. The van der Waals surface area contributed by atoms with Crippen molar-refractivity contribution >= 4 is 5.97 Å². The molecule has 4 heteroatoms. The molecule has 2 saturated heterocycles. The van der Waals surface area contributed by atoms with Crippen molar-refractivity contribution in [2.24, 2.45) is 11.8 Å². The van der Waals surface area contributed by atoms with E-state index < -0.39 is 5.79 Å². The fraction of sp³-hybridized carbons (Fsp3) is 0.917. The zero-order valence-corrected chi connectivity index (χ0v) is 10.4. The molecule has 2 aliphatic heterocycles. The van der Waals surface area contributed by atoms with E-state index in [1.165, 1.54) is 0 Å². The monoisotopic (exact) mass is 228 g/mol. The quantitative estimate of drug-likeness (QED) is 0.690. The lowest BCUT2D eigenvalue weighted by Gasteiger charge is -2.41. The summed E-state index contributed by atoms with van der Waals surface area (Å²) in [6.45, 7) is 8.44. The van der Waals surface area contributed by atoms with E-state index >= 15 is 0 Å². The molecule has 0 unspecified atom stereocenters. The molecule has 4 atom stereocenters. The molecular formula is C12H20O4. The first-order valence-corrected chi connectivity index (χ1v) is 5.97. The van der Waals surface area contributed by atoms with Gasteiger partial charge < -0.3 is 14.2 Å². The molecule has 4 nitrogen and oxygen atoms in total. The Balaban J connectivity index is 1.99. The average Bonchev–Trinajstić information content (AvgIpc) is 2.54. The second-order valence-corrected chi connectivity index (χ2v) is 5.18. The maximum Gasteiger partial charge on any atom is 0.313 e. The van der Waals surface area contributed by atoms with Gasteiger partial charge in [-0.15, -0.1) is 0 Å². The molecule has 0 spiro atoms. The first kappa shape index (κ1) is 11.9. The lowest BCUT2D eigenvalue weighted by molar-refractivity contribution is -0.215. The van der Waals surface area contributed by atoms with Crippen LogP contribution in [0.4, 0.5) is 0 Å². The summed E-state index contributed by atoms with van der Waals surface area (Å²) in [7, 11) is 0. The highest BCUT2D eigenvalue weighted by Gasteiger charge is 2.53. The molecule has 2 rings (SSSR count). The van der Waals surface area contributed by atoms with E-state index in [1.54, 1.807) is 0 Å². The fourth-order valence-corrected chi connectivity index (χ4v) is 2.34. The molecule has 92 valence electrons. The third kappa shape index (κ3) is 1.96. The minimum atomic E-state index is -0.549. The number of carbonyl (C=O) groups is 1. The second kappa shape index (κ2) is 4.00. The molecule has 0 N–H and O–H groups in total. The van der Waals surface area contributed by atoms with Gasteiger partial charge in [-0.25, -0.2) is 0 Å². The summed E-state index contributed by atoms with van der Waals surface area (Å²) in [4.78, 5) is 11.4. The van der Waals surface area contributed by atoms with Crippen molar-refractivity contribution in [1.29, 1.82) is 0 Å². The summed E-state index contributed by atoms with van der Waals surface area (Å²) in [5.74, 6) is -0.314. The van der Waals surface area contributed by atoms with Crippen LogP contribution in [-0.2, 0) is 19.0 Å². The highest BCUT2D eigenvalue weighted by atomic mass is 16.8. The van der Waals surface area contributed by atoms with Crippen LogP contribution in [0.3, 0.4) is 0 Å². The molecule has 0 radical (unpaired) electrons. The topological polar surface area (TPSA) is 44.8 Å². The number of cyclic esters (lactones) is 1. The predicted molar refractivity (Wildman–Crippen MR) is 57.7 cm³/mol. The van der Waals surface area contributed by atoms with Gasteiger partial charge in [-0.3, -0.25) is 4.79 Å². The van der Waals surface area contributed by atoms with Crippen molar-refractivity contribution < 1.29 is 19.0 Å². The Kier molecular flexibility index (Phi) is 2.97. The molecule has 0 bridgehead atoms. The van der Waals surface area contributed by atoms with Crippen LogP contribution in [0, 0.1) is 11.8 Å². The van der Waals surface area contributed by atoms with Crippen LogP contribution in [0.2, 0.25) is 0 Å². The molecule has 0 aromatic carbocycles. The van der Waals surface area contributed by atoms with E-state index in [0.717, 1.165) is 6.42 Å². The van der Waals surface area contributed by atoms with Crippen molar-refractivity contribution in [2.75, 3.05) is 6.61 Å². The largest absolute Gasteiger partial charge is 0.458 e. The molecule has 0 aromatic heterocycles. The lowest BCUT2D eigenvalue weighted by atomic mass is 9.81. The van der Waals surface area contributed by atoms with Crippen LogP contribution < -0.4 is 0 Å². The van der Waals surface area contributed by atoms with E-state index in [0.29, 0.717) is 12.5 Å². The van der Waals surface area contributed by atoms with Gasteiger partial charge in [0, 0.05) is 0 Å². The molecule has 0 aromatic rings. The molecule has 16 heavy (non-hydrogen) atoms. The summed E-state index contributed by atoms with van der Waals surface area (Å²) >= 11 is 0. The number of rotatable bonds is 3. The van der Waals surface area contributed by atoms with Gasteiger partial charge >= 0.3 is 5.97 Å². The Bertz CT molecular complexity index is 287. The Morgan fingerprint density at radius 3 is 2.62 bits per heavy atom. The molecule has 2 heterocycles. The first-order chi connectivity index (χ1) is 7.44. The first-order valence-electron chi connectivity index (χ1n) is 5.97. The third-order valence-corrected chi connectivity index (χ3v) is 3.53. The normalized spacial score (nSPS) is 39.0. The molecule has 2 fully saturated rings. The van der Waals surface area contributed by atoms with E-state index in [4.69, 9.17) is 14.2 Å². The Labute approximate surface area is 96.2 Å². The standard InChI is InChI=1S/C12H20O4/c1-5-7(2)9-10(15-11(9)13)8-6-14-12(3,4)16-8/h7-10H,5-6H2,1-4H3/t7-,8-,9-,10-/m0/s1. The van der Waals surface area contributed by atoms with E-state index in [-0.39, 0.29) is 24.1 Å². The van der Waals surface area contributed by atoms with Gasteiger partial charge in [-0.2, -0.15) is 0 Å². The smallest absolute Gasteiger partial charge is 0.313 e. The summed E-state index contributed by atoms with van der Waals surface area (Å²) in [5, 5.41) is 0. The number of carbonyl (C=O) groups excluding carboxylic acids is 1. The van der Waals surface area contributed by atoms with Crippen molar-refractivity contribution in [2.45, 2.75) is 52.1 Å². The third-order valence-electron chi connectivity index (χ3n) is 3.53. The highest BCUT2D eigenvalue weighted by molar-refractivity contribution is 5.79. The minimum absolute atomic E-state index is 0.0208. The number of hydrogen-bond acceptors (Lipinski definition) is 4. The van der Waals surface area contributed by atoms with Gasteiger partial charge in [0.05, 0.1) is 12.5 Å². The van der Waals surface area contributed by atoms with Gasteiger partial charge in [0.25, 0.3) is 0 Å². The van der Waals surface area contributed by atoms with Gasteiger partial charge in [0.15, 0.2) is 5.79 Å². The van der Waals surface area contributed by atoms with Crippen LogP contribution in [-0.4, -0.2) is 30.6 Å². The maximum absolute atomic E-state index is 11.4. The van der Waals surface area contributed by atoms with Crippen molar-refractivity contribution in [3.8, 4) is 0 Å². The summed E-state index contributed by atoms with van der Waals surface area (Å²) in [6.07, 6.45) is 0.753. The lowest BCUT2D eigenvalue weighted by Crippen LogP contribution is -2.55. The van der Waals surface area contributed by atoms with Gasteiger partial charge in [-0.1, -0.05) is 20.3 Å². The maximum atomic E-state index is 11.4. The zero-order valence-electron chi connectivity index (χ0n) is 10.4. The van der Waals surface area contributed by atoms with Crippen molar-refractivity contribution in [3.05, 3.63) is 0 Å². The molecule has 0 saturated carbocycles. The Morgan fingerprint density at radius 1 is 1.50 bits per heavy atom. The van der Waals surface area contributed by atoms with Crippen LogP contribution in [0.1, 0.15) is 34.1 Å². The number of hydrogen-bond donors (Lipinski definition) is 0. The zero-order chi connectivity index (χ0) is 11.9. The summed E-state index contributed by atoms with van der Waals surface area (Å²) in [5.41, 5.74) is 0. The van der Waals surface area contributed by atoms with Crippen molar-refractivity contribution in [1.82, 2.24) is 0 Å². The van der Waals surface area contributed by atoms with Gasteiger partial charge in [0.2, 0.25) is 0 Å². The Morgan fingerprint density at radius 2 is 2.19 bits per heavy atom. The summed E-state index contributed by atoms with van der Waals surface area (Å²) in [6, 6.07) is 0. The molecular weight excluding hydrogens is 208 g/mol. The van der Waals surface area contributed by atoms with E-state index in [1.807, 2.05) is 13.8 Å². The molecule has 0 amide bonds. The summed E-state index contributed by atoms with van der Waals surface area (Å²) < 4.78 is 16.4. The predicted octanol–water partition coefficient (Wildman–Crippen LogP) is 1.73. The second-order valence-electron chi connectivity index (χ2n) is 5.18. The van der Waals surface area contributed by atoms with Gasteiger partial charge in [-0.05, 0) is 19.8 Å². The van der Waals surface area contributed by atoms with E-state index in [9.17, 15) is 4.79 Å². The SMILES string of the molecule is CC[C@H](C)[C@@H]1C(=O)O[C@H]1[C@@H]1COC(C)(C)O1. The van der Waals surface area contributed by atoms with Crippen LogP contribution >= 0.6 is 0 Å². The van der Waals surface area contributed by atoms with Crippen LogP contribution in [0.25, 0.3) is 0 Å². The van der Waals surface area contributed by atoms with E-state index in [2.05, 4.69) is 13.8 Å². The molecule has 0 aliphatic carbocycles.